The summed E-state index contributed by atoms with van der Waals surface area (Å²) < 4.78 is 25.7. The Morgan fingerprint density at radius 3 is 2.55 bits per heavy atom. The molecule has 0 bridgehead atoms. The lowest BCUT2D eigenvalue weighted by Crippen LogP contribution is -2.35. The number of rotatable bonds is 5. The third-order valence-electron chi connectivity index (χ3n) is 3.15. The molecule has 2 aromatic rings. The summed E-state index contributed by atoms with van der Waals surface area (Å²) in [7, 11) is -3.73. The van der Waals surface area contributed by atoms with E-state index in [-0.39, 0.29) is 5.75 Å². The molecule has 0 saturated carbocycles. The molecule has 2 rings (SSSR count). The van der Waals surface area contributed by atoms with E-state index in [1.165, 1.54) is 11.3 Å². The van der Waals surface area contributed by atoms with Gasteiger partial charge in [0.15, 0.2) is 15.1 Å². The SMILES string of the molecule is CC(C)C(C(=O)O)S(=O)(=O)Cc1csc2ccccc12. The molecule has 1 N–H and O–H groups in total. The van der Waals surface area contributed by atoms with Gasteiger partial charge >= 0.3 is 5.97 Å². The minimum Gasteiger partial charge on any atom is -0.480 e. The van der Waals surface area contributed by atoms with Gasteiger partial charge in [0.2, 0.25) is 0 Å². The number of sulfone groups is 1. The number of carbonyl (C=O) groups is 1. The van der Waals surface area contributed by atoms with Crippen LogP contribution >= 0.6 is 11.3 Å². The zero-order chi connectivity index (χ0) is 14.9. The number of hydrogen-bond donors (Lipinski definition) is 1. The van der Waals surface area contributed by atoms with Crippen molar-refractivity contribution in [3.8, 4) is 0 Å². The van der Waals surface area contributed by atoms with Crippen LogP contribution in [0.3, 0.4) is 0 Å². The van der Waals surface area contributed by atoms with Crippen molar-refractivity contribution < 1.29 is 18.3 Å². The molecule has 0 spiro atoms. The highest BCUT2D eigenvalue weighted by Gasteiger charge is 2.35. The third-order valence-corrected chi connectivity index (χ3v) is 6.40. The van der Waals surface area contributed by atoms with Crippen molar-refractivity contribution in [2.75, 3.05) is 0 Å². The van der Waals surface area contributed by atoms with Crippen LogP contribution in [0, 0.1) is 5.92 Å². The van der Waals surface area contributed by atoms with E-state index in [1.807, 2.05) is 24.3 Å². The first-order valence-electron chi connectivity index (χ1n) is 6.22. The molecule has 0 radical (unpaired) electrons. The largest absolute Gasteiger partial charge is 0.480 e. The summed E-state index contributed by atoms with van der Waals surface area (Å²) in [5.41, 5.74) is 0.678. The molecule has 1 heterocycles. The first-order valence-corrected chi connectivity index (χ1v) is 8.82. The predicted molar refractivity (Wildman–Crippen MR) is 80.7 cm³/mol. The molecule has 6 heteroatoms. The average molecular weight is 312 g/mol. The zero-order valence-corrected chi connectivity index (χ0v) is 12.9. The zero-order valence-electron chi connectivity index (χ0n) is 11.2. The summed E-state index contributed by atoms with van der Waals surface area (Å²) in [4.78, 5) is 11.2. The number of benzene rings is 1. The molecule has 108 valence electrons. The Bertz CT molecular complexity index is 728. The van der Waals surface area contributed by atoms with Gasteiger partial charge in [0, 0.05) is 4.70 Å². The van der Waals surface area contributed by atoms with Crippen LogP contribution in [0.25, 0.3) is 10.1 Å². The second-order valence-electron chi connectivity index (χ2n) is 5.07. The molecule has 1 aromatic heterocycles. The Kier molecular flexibility index (Phi) is 4.15. The van der Waals surface area contributed by atoms with Crippen LogP contribution in [0.1, 0.15) is 19.4 Å². The highest BCUT2D eigenvalue weighted by Crippen LogP contribution is 2.28. The van der Waals surface area contributed by atoms with Crippen molar-refractivity contribution >= 4 is 37.2 Å². The first-order chi connectivity index (χ1) is 9.33. The monoisotopic (exact) mass is 312 g/mol. The van der Waals surface area contributed by atoms with Crippen LogP contribution in [0.5, 0.6) is 0 Å². The van der Waals surface area contributed by atoms with Crippen molar-refractivity contribution in [2.45, 2.75) is 24.9 Å². The fourth-order valence-electron chi connectivity index (χ4n) is 2.30. The fraction of sp³-hybridized carbons (Fsp3) is 0.357. The van der Waals surface area contributed by atoms with Crippen molar-refractivity contribution in [3.63, 3.8) is 0 Å². The van der Waals surface area contributed by atoms with Crippen LogP contribution in [-0.2, 0) is 20.4 Å². The molecular weight excluding hydrogens is 296 g/mol. The van der Waals surface area contributed by atoms with Gasteiger partial charge < -0.3 is 5.11 Å². The highest BCUT2D eigenvalue weighted by atomic mass is 32.2. The average Bonchev–Trinajstić information content (AvgIpc) is 2.70. The smallest absolute Gasteiger partial charge is 0.322 e. The second-order valence-corrected chi connectivity index (χ2v) is 8.10. The Labute approximate surface area is 122 Å². The van der Waals surface area contributed by atoms with Crippen LogP contribution in [-0.4, -0.2) is 24.7 Å². The van der Waals surface area contributed by atoms with E-state index in [1.54, 1.807) is 19.2 Å². The minimum atomic E-state index is -3.73. The van der Waals surface area contributed by atoms with E-state index in [0.717, 1.165) is 10.1 Å². The number of carboxylic acids is 1. The number of thiophene rings is 1. The van der Waals surface area contributed by atoms with Crippen molar-refractivity contribution in [2.24, 2.45) is 5.92 Å². The van der Waals surface area contributed by atoms with Crippen molar-refractivity contribution in [1.82, 2.24) is 0 Å². The lowest BCUT2D eigenvalue weighted by Gasteiger charge is -2.16. The molecular formula is C14H16O4S2. The molecule has 0 amide bonds. The number of aliphatic carboxylic acids is 1. The number of hydrogen-bond acceptors (Lipinski definition) is 4. The van der Waals surface area contributed by atoms with Crippen LogP contribution < -0.4 is 0 Å². The van der Waals surface area contributed by atoms with Gasteiger partial charge in [-0.3, -0.25) is 4.79 Å². The molecule has 0 aliphatic rings. The molecule has 20 heavy (non-hydrogen) atoms. The maximum atomic E-state index is 12.3. The Balaban J connectivity index is 2.39. The molecule has 0 fully saturated rings. The summed E-state index contributed by atoms with van der Waals surface area (Å²) in [5, 5.41) is 10.5. The normalized spacial score (nSPS) is 13.8. The summed E-state index contributed by atoms with van der Waals surface area (Å²) >= 11 is 1.47. The third kappa shape index (κ3) is 2.86. The lowest BCUT2D eigenvalue weighted by atomic mass is 10.1. The molecule has 0 aliphatic carbocycles. The van der Waals surface area contributed by atoms with Gasteiger partial charge in [0.25, 0.3) is 0 Å². The maximum Gasteiger partial charge on any atom is 0.322 e. The van der Waals surface area contributed by atoms with Gasteiger partial charge in [-0.25, -0.2) is 8.42 Å². The highest BCUT2D eigenvalue weighted by molar-refractivity contribution is 7.92. The Morgan fingerprint density at radius 1 is 1.30 bits per heavy atom. The maximum absolute atomic E-state index is 12.3. The van der Waals surface area contributed by atoms with E-state index in [9.17, 15) is 13.2 Å². The van der Waals surface area contributed by atoms with E-state index in [2.05, 4.69) is 0 Å². The fourth-order valence-corrected chi connectivity index (χ4v) is 5.36. The minimum absolute atomic E-state index is 0.230. The van der Waals surface area contributed by atoms with Crippen LogP contribution in [0.4, 0.5) is 0 Å². The lowest BCUT2D eigenvalue weighted by molar-refractivity contribution is -0.137. The Morgan fingerprint density at radius 2 is 1.95 bits per heavy atom. The van der Waals surface area contributed by atoms with Crippen molar-refractivity contribution in [1.29, 1.82) is 0 Å². The number of fused-ring (bicyclic) bond motifs is 1. The van der Waals surface area contributed by atoms with E-state index in [4.69, 9.17) is 5.11 Å². The molecule has 0 saturated heterocycles. The standard InChI is InChI=1S/C14H16O4S2/c1-9(2)13(14(15)16)20(17,18)8-10-7-19-12-6-4-3-5-11(10)12/h3-7,9,13H,8H2,1-2H3,(H,15,16). The summed E-state index contributed by atoms with van der Waals surface area (Å²) in [6.07, 6.45) is 0. The van der Waals surface area contributed by atoms with E-state index in [0.29, 0.717) is 5.56 Å². The van der Waals surface area contributed by atoms with Crippen LogP contribution in [0.2, 0.25) is 0 Å². The van der Waals surface area contributed by atoms with Gasteiger partial charge in [-0.15, -0.1) is 11.3 Å². The van der Waals surface area contributed by atoms with Gasteiger partial charge in [-0.05, 0) is 28.3 Å². The summed E-state index contributed by atoms with van der Waals surface area (Å²) in [6, 6.07) is 7.53. The predicted octanol–water partition coefficient (Wildman–Crippen LogP) is 2.93. The van der Waals surface area contributed by atoms with Crippen molar-refractivity contribution in [3.05, 3.63) is 35.2 Å². The molecule has 0 aliphatic heterocycles. The molecule has 1 aromatic carbocycles. The topological polar surface area (TPSA) is 71.4 Å². The first kappa shape index (κ1) is 15.0. The second kappa shape index (κ2) is 5.54. The number of carboxylic acid groups (broad SMARTS) is 1. The Hall–Kier alpha value is -1.40. The van der Waals surface area contributed by atoms with Gasteiger partial charge in [-0.2, -0.15) is 0 Å². The van der Waals surface area contributed by atoms with E-state index < -0.39 is 27.0 Å². The molecule has 4 nitrogen and oxygen atoms in total. The quantitative estimate of drug-likeness (QED) is 0.921. The summed E-state index contributed by atoms with van der Waals surface area (Å²) in [6.45, 7) is 3.23. The van der Waals surface area contributed by atoms with E-state index >= 15 is 0 Å². The van der Waals surface area contributed by atoms with Gasteiger partial charge in [0.05, 0.1) is 5.75 Å². The molecule has 1 unspecified atom stereocenters. The molecule has 1 atom stereocenters. The van der Waals surface area contributed by atoms with Gasteiger partial charge in [0.1, 0.15) is 0 Å². The van der Waals surface area contributed by atoms with Crippen LogP contribution in [0.15, 0.2) is 29.6 Å². The summed E-state index contributed by atoms with van der Waals surface area (Å²) in [5.74, 6) is -1.96. The van der Waals surface area contributed by atoms with Gasteiger partial charge in [-0.1, -0.05) is 32.0 Å².